The van der Waals surface area contributed by atoms with Gasteiger partial charge in [-0.05, 0) is 66.2 Å². The van der Waals surface area contributed by atoms with Gasteiger partial charge in [0, 0.05) is 36.6 Å². The third-order valence-electron chi connectivity index (χ3n) is 4.89. The van der Waals surface area contributed by atoms with Crippen molar-refractivity contribution in [2.24, 2.45) is 0 Å². The molecule has 5 nitrogen and oxygen atoms in total. The van der Waals surface area contributed by atoms with Crippen molar-refractivity contribution in [2.45, 2.75) is 18.9 Å². The van der Waals surface area contributed by atoms with Crippen molar-refractivity contribution in [3.8, 4) is 17.6 Å². The van der Waals surface area contributed by atoms with E-state index < -0.39 is 12.1 Å². The minimum atomic E-state index is -0.990. The van der Waals surface area contributed by atoms with Gasteiger partial charge in [0.15, 0.2) is 11.9 Å². The molecule has 0 unspecified atom stereocenters. The second-order valence-corrected chi connectivity index (χ2v) is 7.22. The van der Waals surface area contributed by atoms with Crippen LogP contribution in [0.25, 0.3) is 0 Å². The minimum absolute atomic E-state index is 0.181. The quantitative estimate of drug-likeness (QED) is 0.297. The Morgan fingerprint density at radius 2 is 1.55 bits per heavy atom. The monoisotopic (exact) mass is 446 g/mol. The predicted molar refractivity (Wildman–Crippen MR) is 122 cm³/mol. The average molecular weight is 446 g/mol. The fourth-order valence-electron chi connectivity index (χ4n) is 3.06. The van der Waals surface area contributed by atoms with Crippen molar-refractivity contribution in [1.82, 2.24) is 0 Å². The van der Waals surface area contributed by atoms with Crippen molar-refractivity contribution >= 4 is 11.8 Å². The van der Waals surface area contributed by atoms with Gasteiger partial charge in [0.2, 0.25) is 0 Å². The normalized spacial score (nSPS) is 11.2. The first-order valence-electron chi connectivity index (χ1n) is 10.3. The molecule has 33 heavy (non-hydrogen) atoms. The molecule has 168 valence electrons. The molecular weight excluding hydrogens is 423 g/mol. The number of hydrogen-bond acceptors (Lipinski definition) is 4. The lowest BCUT2D eigenvalue weighted by molar-refractivity contribution is -0.148. The number of benzene rings is 3. The zero-order chi connectivity index (χ0) is 23.6. The molecule has 3 aromatic carbocycles. The maximum absolute atomic E-state index is 13.0. The number of hydrogen-bond donors (Lipinski definition) is 1. The lowest BCUT2D eigenvalue weighted by Crippen LogP contribution is -2.24. The Morgan fingerprint density at radius 3 is 2.12 bits per heavy atom. The second-order valence-electron chi connectivity index (χ2n) is 7.22. The molecule has 0 aromatic heterocycles. The molecule has 0 aliphatic heterocycles. The first-order valence-corrected chi connectivity index (χ1v) is 10.3. The largest absolute Gasteiger partial charge is 0.493 e. The summed E-state index contributed by atoms with van der Waals surface area (Å²) >= 11 is 0. The number of halogens is 1. The highest BCUT2D eigenvalue weighted by molar-refractivity contribution is 6.09. The lowest BCUT2D eigenvalue weighted by atomic mass is 10.0. The number of carbonyl (C=O) groups is 2. The molecule has 0 spiro atoms. The zero-order valence-electron chi connectivity index (χ0n) is 18.1. The average Bonchev–Trinajstić information content (AvgIpc) is 2.83. The highest BCUT2D eigenvalue weighted by Gasteiger charge is 2.16. The Bertz CT molecular complexity index is 1140. The molecule has 0 fully saturated rings. The van der Waals surface area contributed by atoms with E-state index in [2.05, 4.69) is 11.8 Å². The molecule has 0 aliphatic rings. The van der Waals surface area contributed by atoms with E-state index in [0.717, 1.165) is 11.1 Å². The summed E-state index contributed by atoms with van der Waals surface area (Å²) in [5.41, 5.74) is 2.61. The molecule has 6 heteroatoms. The summed E-state index contributed by atoms with van der Waals surface area (Å²) in [7, 11) is 1.38. The van der Waals surface area contributed by atoms with Gasteiger partial charge in [0.1, 0.15) is 11.6 Å². The molecule has 0 amide bonds. The number of ether oxygens (including phenoxy) is 2. The maximum atomic E-state index is 13.0. The number of methoxy groups -OCH3 is 1. The molecule has 0 heterocycles. The van der Waals surface area contributed by atoms with Crippen molar-refractivity contribution in [2.75, 3.05) is 13.7 Å². The number of aliphatic carboxylic acids is 1. The number of carboxylic acid groups (broad SMARTS) is 1. The summed E-state index contributed by atoms with van der Waals surface area (Å²) in [5, 5.41) is 9.05. The van der Waals surface area contributed by atoms with Gasteiger partial charge in [-0.3, -0.25) is 4.79 Å². The number of ketones is 1. The van der Waals surface area contributed by atoms with E-state index in [1.807, 2.05) is 24.3 Å². The third-order valence-corrected chi connectivity index (χ3v) is 4.89. The Kier molecular flexibility index (Phi) is 8.34. The fraction of sp³-hybridized carbons (Fsp3) is 0.185. The van der Waals surface area contributed by atoms with Gasteiger partial charge in [-0.2, -0.15) is 0 Å². The van der Waals surface area contributed by atoms with Crippen LogP contribution in [-0.2, 0) is 16.0 Å². The standard InChI is InChI=1S/C27H23FO5/c1-32-25(27(30)31)18-20-7-5-19(6-8-20)4-2-3-17-33-24-15-11-22(12-16-24)26(29)21-9-13-23(28)14-10-21/h5-16,25H,3,17-18H2,1H3,(H,30,31)/t25-/m0/s1. The maximum Gasteiger partial charge on any atom is 0.333 e. The van der Waals surface area contributed by atoms with Gasteiger partial charge < -0.3 is 14.6 Å². The smallest absolute Gasteiger partial charge is 0.333 e. The Morgan fingerprint density at radius 1 is 0.939 bits per heavy atom. The predicted octanol–water partition coefficient (Wildman–Crippen LogP) is 4.52. The van der Waals surface area contributed by atoms with Gasteiger partial charge >= 0.3 is 5.97 Å². The molecule has 1 N–H and O–H groups in total. The van der Waals surface area contributed by atoms with Crippen molar-refractivity contribution in [3.05, 3.63) is 101 Å². The van der Waals surface area contributed by atoms with E-state index in [-0.39, 0.29) is 11.6 Å². The zero-order valence-corrected chi connectivity index (χ0v) is 18.1. The number of carbonyl (C=O) groups excluding carboxylic acids is 1. The molecule has 1 atom stereocenters. The van der Waals surface area contributed by atoms with E-state index in [1.54, 1.807) is 24.3 Å². The topological polar surface area (TPSA) is 72.8 Å². The van der Waals surface area contributed by atoms with Crippen molar-refractivity contribution in [1.29, 1.82) is 0 Å². The van der Waals surface area contributed by atoms with Crippen LogP contribution in [0.2, 0.25) is 0 Å². The van der Waals surface area contributed by atoms with E-state index in [4.69, 9.17) is 14.6 Å². The Labute approximate surface area is 191 Å². The Balaban J connectivity index is 1.46. The van der Waals surface area contributed by atoms with E-state index >= 15 is 0 Å². The van der Waals surface area contributed by atoms with Crippen LogP contribution in [0.15, 0.2) is 72.8 Å². The van der Waals surface area contributed by atoms with Gasteiger partial charge in [-0.15, -0.1) is 0 Å². The molecule has 0 bridgehead atoms. The van der Waals surface area contributed by atoms with E-state index in [1.165, 1.54) is 31.4 Å². The molecular formula is C27H23FO5. The number of rotatable bonds is 9. The molecule has 3 aromatic rings. The van der Waals surface area contributed by atoms with Crippen LogP contribution in [-0.4, -0.2) is 36.7 Å². The van der Waals surface area contributed by atoms with Crippen LogP contribution < -0.4 is 4.74 Å². The summed E-state index contributed by atoms with van der Waals surface area (Å²) in [6, 6.07) is 19.6. The number of carboxylic acids is 1. The first kappa shape index (κ1) is 23.7. The highest BCUT2D eigenvalue weighted by Crippen LogP contribution is 2.16. The highest BCUT2D eigenvalue weighted by atomic mass is 19.1. The second kappa shape index (κ2) is 11.6. The fourth-order valence-corrected chi connectivity index (χ4v) is 3.06. The third kappa shape index (κ3) is 7.03. The van der Waals surface area contributed by atoms with Crippen molar-refractivity contribution < 1.29 is 28.6 Å². The summed E-state index contributed by atoms with van der Waals surface area (Å²) in [6.45, 7) is 0.393. The van der Waals surface area contributed by atoms with Crippen LogP contribution in [0.5, 0.6) is 5.75 Å². The Hall–Kier alpha value is -3.95. The molecule has 0 aliphatic carbocycles. The van der Waals surface area contributed by atoms with Crippen LogP contribution in [0, 0.1) is 17.7 Å². The molecule has 3 rings (SSSR count). The summed E-state index contributed by atoms with van der Waals surface area (Å²) in [5.74, 6) is 5.16. The molecule has 0 saturated carbocycles. The van der Waals surface area contributed by atoms with Gasteiger partial charge in [-0.1, -0.05) is 24.0 Å². The summed E-state index contributed by atoms with van der Waals surface area (Å²) in [4.78, 5) is 23.4. The minimum Gasteiger partial charge on any atom is -0.493 e. The summed E-state index contributed by atoms with van der Waals surface area (Å²) in [6.07, 6.45) is -0.0565. The SMILES string of the molecule is CO[C@@H](Cc1ccc(C#CCCOc2ccc(C(=O)c3ccc(F)cc3)cc2)cc1)C(=O)O. The van der Waals surface area contributed by atoms with Crippen LogP contribution >= 0.6 is 0 Å². The van der Waals surface area contributed by atoms with Crippen LogP contribution in [0.4, 0.5) is 4.39 Å². The van der Waals surface area contributed by atoms with Gasteiger partial charge in [-0.25, -0.2) is 9.18 Å². The molecule has 0 saturated heterocycles. The van der Waals surface area contributed by atoms with Crippen LogP contribution in [0.3, 0.4) is 0 Å². The van der Waals surface area contributed by atoms with Crippen LogP contribution in [0.1, 0.15) is 33.5 Å². The van der Waals surface area contributed by atoms with E-state index in [0.29, 0.717) is 36.3 Å². The van der Waals surface area contributed by atoms with Gasteiger partial charge in [0.25, 0.3) is 0 Å². The first-order chi connectivity index (χ1) is 16.0. The lowest BCUT2D eigenvalue weighted by Gasteiger charge is -2.10. The summed E-state index contributed by atoms with van der Waals surface area (Å²) < 4.78 is 23.6. The van der Waals surface area contributed by atoms with Gasteiger partial charge in [0.05, 0.1) is 6.61 Å². The van der Waals surface area contributed by atoms with Crippen molar-refractivity contribution in [3.63, 3.8) is 0 Å². The molecule has 0 radical (unpaired) electrons. The van der Waals surface area contributed by atoms with E-state index in [9.17, 15) is 14.0 Å².